The lowest BCUT2D eigenvalue weighted by atomic mass is 9.62. The van der Waals surface area contributed by atoms with Crippen molar-refractivity contribution >= 4 is 5.52 Å². The first-order valence-electron chi connectivity index (χ1n) is 9.90. The van der Waals surface area contributed by atoms with Gasteiger partial charge in [0, 0.05) is 36.1 Å². The van der Waals surface area contributed by atoms with Crippen LogP contribution in [0.15, 0.2) is 43.2 Å². The van der Waals surface area contributed by atoms with E-state index in [-0.39, 0.29) is 11.1 Å². The van der Waals surface area contributed by atoms with Gasteiger partial charge in [0.15, 0.2) is 0 Å². The highest BCUT2D eigenvalue weighted by Crippen LogP contribution is 2.48. The molecule has 9 heteroatoms. The molecule has 0 amide bonds. The highest BCUT2D eigenvalue weighted by molar-refractivity contribution is 5.78. The fraction of sp³-hybridized carbons (Fsp3) is 0.381. The Balaban J connectivity index is 1.58. The van der Waals surface area contributed by atoms with Gasteiger partial charge < -0.3 is 5.32 Å². The minimum absolute atomic E-state index is 0.0279. The molecule has 0 unspecified atom stereocenters. The second kappa shape index (κ2) is 6.50. The number of rotatable bonds is 5. The fourth-order valence-corrected chi connectivity index (χ4v) is 4.63. The van der Waals surface area contributed by atoms with E-state index in [1.54, 1.807) is 17.1 Å². The molecule has 9 nitrogen and oxygen atoms in total. The van der Waals surface area contributed by atoms with Crippen molar-refractivity contribution in [1.82, 2.24) is 39.5 Å². The molecule has 0 bridgehead atoms. The first kappa shape index (κ1) is 18.5. The standard InChI is InChI=1S/C21H23N9/c1-20(23-2)13-21(14-20,5-6-22)30-11-16(9-26-30)19-18-4-7-24-29(18)12-17(27-19)15-8-25-28(3)10-15/h4,7-12,23H,5,13-14H2,1-3H3/t20-,21+. The summed E-state index contributed by atoms with van der Waals surface area (Å²) in [7, 11) is 3.85. The maximum atomic E-state index is 9.43. The molecule has 0 aromatic carbocycles. The number of nitrogens with zero attached hydrogens (tertiary/aromatic N) is 8. The average Bonchev–Trinajstić information content (AvgIpc) is 3.46. The number of hydrogen-bond donors (Lipinski definition) is 1. The fourth-order valence-electron chi connectivity index (χ4n) is 4.63. The van der Waals surface area contributed by atoms with Crippen LogP contribution in [0.3, 0.4) is 0 Å². The lowest BCUT2D eigenvalue weighted by molar-refractivity contribution is 0.0220. The summed E-state index contributed by atoms with van der Waals surface area (Å²) in [5.74, 6) is 0. The van der Waals surface area contributed by atoms with Gasteiger partial charge in [0.05, 0.1) is 59.7 Å². The van der Waals surface area contributed by atoms with Crippen molar-refractivity contribution < 1.29 is 0 Å². The van der Waals surface area contributed by atoms with Crippen molar-refractivity contribution in [3.05, 3.63) is 43.2 Å². The number of aromatic nitrogens is 7. The van der Waals surface area contributed by atoms with E-state index in [1.165, 1.54) is 0 Å². The van der Waals surface area contributed by atoms with Crippen LogP contribution in [0.25, 0.3) is 28.0 Å². The molecule has 152 valence electrons. The maximum absolute atomic E-state index is 9.43. The summed E-state index contributed by atoms with van der Waals surface area (Å²) in [6.07, 6.45) is 13.4. The third-order valence-electron chi connectivity index (χ3n) is 6.18. The number of nitrogens with one attached hydrogen (secondary N) is 1. The van der Waals surface area contributed by atoms with Gasteiger partial charge in [-0.2, -0.15) is 20.6 Å². The first-order valence-corrected chi connectivity index (χ1v) is 9.90. The second-order valence-electron chi connectivity index (χ2n) is 8.44. The van der Waals surface area contributed by atoms with Gasteiger partial charge in [-0.1, -0.05) is 0 Å². The van der Waals surface area contributed by atoms with Gasteiger partial charge in [-0.25, -0.2) is 9.50 Å². The minimum Gasteiger partial charge on any atom is -0.314 e. The van der Waals surface area contributed by atoms with Gasteiger partial charge in [-0.3, -0.25) is 9.36 Å². The summed E-state index contributed by atoms with van der Waals surface area (Å²) in [6.45, 7) is 2.18. The third-order valence-corrected chi connectivity index (χ3v) is 6.18. The largest absolute Gasteiger partial charge is 0.314 e. The predicted octanol–water partition coefficient (Wildman–Crippen LogP) is 2.37. The SMILES string of the molecule is CN[C@]1(C)C[C@](CC#N)(n2cc(-c3nc(-c4cnn(C)c4)cn4nccc34)cn2)C1. The van der Waals surface area contributed by atoms with Crippen LogP contribution >= 0.6 is 0 Å². The van der Waals surface area contributed by atoms with Crippen LogP contribution < -0.4 is 5.32 Å². The molecule has 1 saturated carbocycles. The van der Waals surface area contributed by atoms with Crippen molar-refractivity contribution in [3.8, 4) is 28.6 Å². The highest BCUT2D eigenvalue weighted by atomic mass is 15.3. The molecule has 1 fully saturated rings. The lowest BCUT2D eigenvalue weighted by Crippen LogP contribution is -2.62. The van der Waals surface area contributed by atoms with E-state index in [1.807, 2.05) is 54.1 Å². The molecular weight excluding hydrogens is 378 g/mol. The quantitative estimate of drug-likeness (QED) is 0.551. The number of aryl methyl sites for hydroxylation is 1. The Hall–Kier alpha value is -3.51. The molecule has 0 spiro atoms. The topological polar surface area (TPSA) is 102 Å². The van der Waals surface area contributed by atoms with E-state index >= 15 is 0 Å². The smallest absolute Gasteiger partial charge is 0.0999 e. The molecule has 1 aliphatic rings. The summed E-state index contributed by atoms with van der Waals surface area (Å²) in [5, 5.41) is 26.1. The Morgan fingerprint density at radius 1 is 1.13 bits per heavy atom. The molecule has 1 aliphatic carbocycles. The van der Waals surface area contributed by atoms with Crippen molar-refractivity contribution in [2.75, 3.05) is 7.05 Å². The zero-order chi connectivity index (χ0) is 20.9. The van der Waals surface area contributed by atoms with E-state index in [9.17, 15) is 5.26 Å². The Morgan fingerprint density at radius 2 is 1.93 bits per heavy atom. The third kappa shape index (κ3) is 2.80. The summed E-state index contributed by atoms with van der Waals surface area (Å²) in [5.41, 5.74) is 4.07. The second-order valence-corrected chi connectivity index (χ2v) is 8.44. The van der Waals surface area contributed by atoms with E-state index in [0.29, 0.717) is 6.42 Å². The number of nitriles is 1. The zero-order valence-corrected chi connectivity index (χ0v) is 17.2. The molecular formula is C21H23N9. The zero-order valence-electron chi connectivity index (χ0n) is 17.2. The van der Waals surface area contributed by atoms with Crippen molar-refractivity contribution in [2.24, 2.45) is 7.05 Å². The van der Waals surface area contributed by atoms with Crippen LogP contribution in [0.1, 0.15) is 26.2 Å². The van der Waals surface area contributed by atoms with Gasteiger partial charge in [-0.15, -0.1) is 0 Å². The molecule has 4 aromatic heterocycles. The molecule has 5 rings (SSSR count). The highest BCUT2D eigenvalue weighted by Gasteiger charge is 2.53. The molecule has 30 heavy (non-hydrogen) atoms. The van der Waals surface area contributed by atoms with Crippen molar-refractivity contribution in [1.29, 1.82) is 5.26 Å². The van der Waals surface area contributed by atoms with Crippen molar-refractivity contribution in [3.63, 3.8) is 0 Å². The normalized spacial score (nSPS) is 23.4. The summed E-state index contributed by atoms with van der Waals surface area (Å²) < 4.78 is 5.54. The van der Waals surface area contributed by atoms with Crippen LogP contribution in [0, 0.1) is 11.3 Å². The Morgan fingerprint density at radius 3 is 2.63 bits per heavy atom. The summed E-state index contributed by atoms with van der Waals surface area (Å²) in [4.78, 5) is 4.91. The molecule has 0 aliphatic heterocycles. The Kier molecular flexibility index (Phi) is 4.01. The summed E-state index contributed by atoms with van der Waals surface area (Å²) >= 11 is 0. The molecule has 0 saturated heterocycles. The van der Waals surface area contributed by atoms with E-state index in [0.717, 1.165) is 40.9 Å². The van der Waals surface area contributed by atoms with Crippen molar-refractivity contribution in [2.45, 2.75) is 37.3 Å². The van der Waals surface area contributed by atoms with E-state index in [2.05, 4.69) is 33.6 Å². The van der Waals surface area contributed by atoms with Gasteiger partial charge in [-0.05, 0) is 32.9 Å². The number of fused-ring (bicyclic) bond motifs is 1. The molecule has 1 N–H and O–H groups in total. The van der Waals surface area contributed by atoms with Gasteiger partial charge in [0.1, 0.15) is 0 Å². The molecule has 0 atom stereocenters. The first-order chi connectivity index (χ1) is 14.5. The average molecular weight is 401 g/mol. The van der Waals surface area contributed by atoms with Gasteiger partial charge in [0.25, 0.3) is 0 Å². The van der Waals surface area contributed by atoms with Crippen LogP contribution in [-0.4, -0.2) is 46.7 Å². The van der Waals surface area contributed by atoms with Crippen LogP contribution in [0.4, 0.5) is 0 Å². The lowest BCUT2D eigenvalue weighted by Gasteiger charge is -2.53. The summed E-state index contributed by atoms with van der Waals surface area (Å²) in [6, 6.07) is 4.29. The maximum Gasteiger partial charge on any atom is 0.0999 e. The monoisotopic (exact) mass is 401 g/mol. The Bertz CT molecular complexity index is 1260. The van der Waals surface area contributed by atoms with Gasteiger partial charge in [0.2, 0.25) is 0 Å². The molecule has 0 radical (unpaired) electrons. The van der Waals surface area contributed by atoms with Crippen LogP contribution in [0.2, 0.25) is 0 Å². The van der Waals surface area contributed by atoms with Gasteiger partial charge >= 0.3 is 0 Å². The molecule has 4 aromatic rings. The van der Waals surface area contributed by atoms with E-state index in [4.69, 9.17) is 4.98 Å². The van der Waals surface area contributed by atoms with Crippen LogP contribution in [0.5, 0.6) is 0 Å². The minimum atomic E-state index is -0.289. The number of hydrogen-bond acceptors (Lipinski definition) is 6. The van der Waals surface area contributed by atoms with E-state index < -0.39 is 0 Å². The van der Waals surface area contributed by atoms with Crippen LogP contribution in [-0.2, 0) is 12.6 Å². The predicted molar refractivity (Wildman–Crippen MR) is 111 cm³/mol. The molecule has 4 heterocycles. The Labute approximate surface area is 174 Å².